The first kappa shape index (κ1) is 26.7. The van der Waals surface area contributed by atoms with Gasteiger partial charge in [-0.3, -0.25) is 14.3 Å². The Morgan fingerprint density at radius 2 is 1.58 bits per heavy atom. The van der Waals surface area contributed by atoms with Crippen LogP contribution in [-0.4, -0.2) is 70.3 Å². The van der Waals surface area contributed by atoms with Gasteiger partial charge in [-0.1, -0.05) is 60.7 Å². The number of aromatic nitrogens is 2. The third-order valence-corrected chi connectivity index (χ3v) is 6.48. The maximum absolute atomic E-state index is 13.4. The molecule has 0 spiro atoms. The number of amides is 3. The Kier molecular flexibility index (Phi) is 8.58. The second-order valence-electron chi connectivity index (χ2n) is 9.08. The van der Waals surface area contributed by atoms with E-state index >= 15 is 0 Å². The summed E-state index contributed by atoms with van der Waals surface area (Å²) in [6.07, 6.45) is 3.19. The Labute approximate surface area is 222 Å². The summed E-state index contributed by atoms with van der Waals surface area (Å²) in [6, 6.07) is 18.6. The topological polar surface area (TPSA) is 96.8 Å². The average Bonchev–Trinajstić information content (AvgIpc) is 3.31. The number of rotatable bonds is 7. The van der Waals surface area contributed by atoms with Crippen LogP contribution in [0.15, 0.2) is 66.9 Å². The number of ether oxygens (including phenoxy) is 1. The molecule has 9 nitrogen and oxygen atoms in total. The number of aryl methyl sites for hydroxylation is 1. The Morgan fingerprint density at radius 3 is 2.21 bits per heavy atom. The quantitative estimate of drug-likeness (QED) is 0.375. The standard InChI is InChI=1S/C29H33N5O4/c1-4-38-29(37)33-17-15-32(16-18-33)28(36)22(3)34-20-26(21(2)31-34)30-27(35)25(24-13-9-6-10-14-24)19-23-11-7-5-8-12-23/h5-14,19-20,22H,4,15-18H2,1-3H3,(H,30,35)/b25-19-. The molecule has 0 saturated carbocycles. The fourth-order valence-electron chi connectivity index (χ4n) is 4.31. The fraction of sp³-hybridized carbons (Fsp3) is 0.310. The summed E-state index contributed by atoms with van der Waals surface area (Å²) < 4.78 is 6.63. The molecule has 0 aliphatic carbocycles. The smallest absolute Gasteiger partial charge is 0.409 e. The molecule has 1 atom stereocenters. The summed E-state index contributed by atoms with van der Waals surface area (Å²) >= 11 is 0. The second kappa shape index (κ2) is 12.2. The van der Waals surface area contributed by atoms with E-state index in [1.807, 2.05) is 66.7 Å². The first-order valence-electron chi connectivity index (χ1n) is 12.8. The summed E-state index contributed by atoms with van der Waals surface area (Å²) in [5, 5.41) is 7.49. The monoisotopic (exact) mass is 515 g/mol. The van der Waals surface area contributed by atoms with Crippen LogP contribution in [0.5, 0.6) is 0 Å². The van der Waals surface area contributed by atoms with E-state index in [2.05, 4.69) is 10.4 Å². The predicted octanol–water partition coefficient (Wildman–Crippen LogP) is 4.23. The number of hydrogen-bond donors (Lipinski definition) is 1. The van der Waals surface area contributed by atoms with E-state index in [-0.39, 0.29) is 17.9 Å². The van der Waals surface area contributed by atoms with Crippen molar-refractivity contribution in [3.05, 3.63) is 83.7 Å². The van der Waals surface area contributed by atoms with Crippen LogP contribution in [0.3, 0.4) is 0 Å². The van der Waals surface area contributed by atoms with Crippen LogP contribution < -0.4 is 5.32 Å². The van der Waals surface area contributed by atoms with E-state index in [0.29, 0.717) is 49.7 Å². The third kappa shape index (κ3) is 6.29. The number of nitrogens with zero attached hydrogens (tertiary/aromatic N) is 4. The van der Waals surface area contributed by atoms with Gasteiger partial charge in [0.25, 0.3) is 5.91 Å². The van der Waals surface area contributed by atoms with Crippen molar-refractivity contribution in [2.75, 3.05) is 38.1 Å². The fourth-order valence-corrected chi connectivity index (χ4v) is 4.31. The van der Waals surface area contributed by atoms with E-state index in [1.165, 1.54) is 0 Å². The number of anilines is 1. The SMILES string of the molecule is CCOC(=O)N1CCN(C(=O)C(C)n2cc(NC(=O)/C(=C\c3ccccc3)c3ccccc3)c(C)n2)CC1. The van der Waals surface area contributed by atoms with Crippen LogP contribution in [0.25, 0.3) is 11.6 Å². The molecular weight excluding hydrogens is 482 g/mol. The van der Waals surface area contributed by atoms with Gasteiger partial charge in [-0.15, -0.1) is 0 Å². The molecule has 3 aromatic rings. The minimum absolute atomic E-state index is 0.0946. The molecule has 2 heterocycles. The van der Waals surface area contributed by atoms with Crippen molar-refractivity contribution in [1.82, 2.24) is 19.6 Å². The van der Waals surface area contributed by atoms with Crippen LogP contribution in [0.1, 0.15) is 36.7 Å². The molecular formula is C29H33N5O4. The highest BCUT2D eigenvalue weighted by molar-refractivity contribution is 6.29. The first-order valence-corrected chi connectivity index (χ1v) is 12.8. The zero-order valence-corrected chi connectivity index (χ0v) is 22.0. The first-order chi connectivity index (χ1) is 18.4. The van der Waals surface area contributed by atoms with Crippen molar-refractivity contribution in [1.29, 1.82) is 0 Å². The lowest BCUT2D eigenvalue weighted by atomic mass is 10.0. The highest BCUT2D eigenvalue weighted by Gasteiger charge is 2.29. The molecule has 1 aliphatic heterocycles. The normalized spacial score (nSPS) is 14.7. The molecule has 1 N–H and O–H groups in total. The van der Waals surface area contributed by atoms with Crippen molar-refractivity contribution >= 4 is 35.2 Å². The number of hydrogen-bond acceptors (Lipinski definition) is 5. The molecule has 3 amide bonds. The van der Waals surface area contributed by atoms with Crippen LogP contribution in [0.2, 0.25) is 0 Å². The Hall–Kier alpha value is -4.40. The van der Waals surface area contributed by atoms with Crippen molar-refractivity contribution < 1.29 is 19.1 Å². The Bertz CT molecular complexity index is 1300. The van der Waals surface area contributed by atoms with Crippen molar-refractivity contribution in [3.8, 4) is 0 Å². The molecule has 4 rings (SSSR count). The summed E-state index contributed by atoms with van der Waals surface area (Å²) in [6.45, 7) is 7.37. The molecule has 1 saturated heterocycles. The molecule has 0 bridgehead atoms. The molecule has 2 aromatic carbocycles. The van der Waals surface area contributed by atoms with Crippen molar-refractivity contribution in [3.63, 3.8) is 0 Å². The van der Waals surface area contributed by atoms with E-state index in [4.69, 9.17) is 4.74 Å². The third-order valence-electron chi connectivity index (χ3n) is 6.48. The summed E-state index contributed by atoms with van der Waals surface area (Å²) in [5.74, 6) is -0.361. The molecule has 1 unspecified atom stereocenters. The lowest BCUT2D eigenvalue weighted by Crippen LogP contribution is -2.52. The number of carbonyl (C=O) groups excluding carboxylic acids is 3. The van der Waals surface area contributed by atoms with E-state index in [9.17, 15) is 14.4 Å². The van der Waals surface area contributed by atoms with Gasteiger partial charge in [-0.25, -0.2) is 4.79 Å². The van der Waals surface area contributed by atoms with Crippen LogP contribution in [0.4, 0.5) is 10.5 Å². The molecule has 38 heavy (non-hydrogen) atoms. The van der Waals surface area contributed by atoms with Gasteiger partial charge in [-0.2, -0.15) is 5.10 Å². The number of carbonyl (C=O) groups is 3. The maximum Gasteiger partial charge on any atom is 0.409 e. The lowest BCUT2D eigenvalue weighted by molar-refractivity contribution is -0.136. The van der Waals surface area contributed by atoms with Gasteiger partial charge in [0.15, 0.2) is 0 Å². The van der Waals surface area contributed by atoms with Gasteiger partial charge in [0, 0.05) is 37.9 Å². The molecule has 0 radical (unpaired) electrons. The van der Waals surface area contributed by atoms with Gasteiger partial charge in [0.2, 0.25) is 5.91 Å². The minimum atomic E-state index is -0.568. The molecule has 1 aromatic heterocycles. The van der Waals surface area contributed by atoms with Crippen LogP contribution >= 0.6 is 0 Å². The number of benzene rings is 2. The van der Waals surface area contributed by atoms with Gasteiger partial charge in [0.1, 0.15) is 6.04 Å². The van der Waals surface area contributed by atoms with Gasteiger partial charge in [0.05, 0.1) is 18.0 Å². The van der Waals surface area contributed by atoms with E-state index in [0.717, 1.165) is 11.1 Å². The number of piperazine rings is 1. The zero-order chi connectivity index (χ0) is 27.1. The van der Waals surface area contributed by atoms with E-state index < -0.39 is 6.04 Å². The predicted molar refractivity (Wildman–Crippen MR) is 146 cm³/mol. The molecule has 9 heteroatoms. The van der Waals surface area contributed by atoms with Gasteiger partial charge >= 0.3 is 6.09 Å². The molecule has 1 aliphatic rings. The molecule has 198 valence electrons. The van der Waals surface area contributed by atoms with Crippen LogP contribution in [0, 0.1) is 6.92 Å². The zero-order valence-electron chi connectivity index (χ0n) is 22.0. The van der Waals surface area contributed by atoms with Gasteiger partial charge < -0.3 is 19.9 Å². The van der Waals surface area contributed by atoms with Crippen molar-refractivity contribution in [2.24, 2.45) is 0 Å². The maximum atomic E-state index is 13.4. The minimum Gasteiger partial charge on any atom is -0.450 e. The highest BCUT2D eigenvalue weighted by atomic mass is 16.6. The van der Waals surface area contributed by atoms with E-state index in [1.54, 1.807) is 41.4 Å². The summed E-state index contributed by atoms with van der Waals surface area (Å²) in [5.41, 5.74) is 3.38. The lowest BCUT2D eigenvalue weighted by Gasteiger charge is -2.35. The average molecular weight is 516 g/mol. The molecule has 1 fully saturated rings. The Balaban J connectivity index is 1.46. The Morgan fingerprint density at radius 1 is 0.974 bits per heavy atom. The van der Waals surface area contributed by atoms with Crippen LogP contribution in [-0.2, 0) is 14.3 Å². The largest absolute Gasteiger partial charge is 0.450 e. The van der Waals surface area contributed by atoms with Gasteiger partial charge in [-0.05, 0) is 38.0 Å². The summed E-state index contributed by atoms with van der Waals surface area (Å²) in [7, 11) is 0. The summed E-state index contributed by atoms with van der Waals surface area (Å²) in [4.78, 5) is 41.9. The second-order valence-corrected chi connectivity index (χ2v) is 9.08. The van der Waals surface area contributed by atoms with Crippen molar-refractivity contribution in [2.45, 2.75) is 26.8 Å². The highest BCUT2D eigenvalue weighted by Crippen LogP contribution is 2.23. The number of nitrogens with one attached hydrogen (secondary N) is 1.